The molecule has 3 aromatic carbocycles. The molecule has 0 fully saturated rings. The van der Waals surface area contributed by atoms with Crippen LogP contribution in [-0.2, 0) is 14.8 Å². The molecular formula is C25H27ClN2O4S. The number of amides is 1. The van der Waals surface area contributed by atoms with E-state index in [1.54, 1.807) is 50.4 Å². The molecule has 33 heavy (non-hydrogen) atoms. The average Bonchev–Trinajstić information content (AvgIpc) is 2.83. The monoisotopic (exact) mass is 486 g/mol. The molecule has 1 atom stereocenters. The van der Waals surface area contributed by atoms with Crippen molar-refractivity contribution in [3.63, 3.8) is 0 Å². The van der Waals surface area contributed by atoms with Crippen LogP contribution in [0.15, 0.2) is 77.7 Å². The topological polar surface area (TPSA) is 75.7 Å². The van der Waals surface area contributed by atoms with Gasteiger partial charge in [0.1, 0.15) is 12.3 Å². The van der Waals surface area contributed by atoms with Crippen LogP contribution in [0.5, 0.6) is 5.75 Å². The van der Waals surface area contributed by atoms with Gasteiger partial charge in [-0.25, -0.2) is 8.42 Å². The smallest absolute Gasteiger partial charge is 0.264 e. The van der Waals surface area contributed by atoms with Crippen LogP contribution in [0.4, 0.5) is 5.69 Å². The summed E-state index contributed by atoms with van der Waals surface area (Å²) in [5.41, 5.74) is 1.95. The van der Waals surface area contributed by atoms with Gasteiger partial charge in [-0.3, -0.25) is 9.10 Å². The Morgan fingerprint density at radius 1 is 1.06 bits per heavy atom. The fourth-order valence-electron chi connectivity index (χ4n) is 3.50. The number of sulfonamides is 1. The number of halogens is 1. The Labute approximate surface area is 200 Å². The lowest BCUT2D eigenvalue weighted by Gasteiger charge is -2.27. The number of carbonyl (C=O) groups is 1. The van der Waals surface area contributed by atoms with E-state index in [1.807, 2.05) is 31.2 Å². The summed E-state index contributed by atoms with van der Waals surface area (Å²) < 4.78 is 33.3. The van der Waals surface area contributed by atoms with Crippen molar-refractivity contribution in [3.05, 3.63) is 88.9 Å². The first-order valence-electron chi connectivity index (χ1n) is 10.5. The number of aryl methyl sites for hydroxylation is 1. The molecule has 0 saturated carbocycles. The highest BCUT2D eigenvalue weighted by Crippen LogP contribution is 2.29. The number of rotatable bonds is 9. The summed E-state index contributed by atoms with van der Waals surface area (Å²) >= 11 is 6.17. The van der Waals surface area contributed by atoms with Crippen LogP contribution in [0.2, 0.25) is 5.02 Å². The fraction of sp³-hybridized carbons (Fsp3) is 0.240. The summed E-state index contributed by atoms with van der Waals surface area (Å²) in [6, 6.07) is 20.2. The lowest BCUT2D eigenvalue weighted by molar-refractivity contribution is -0.120. The van der Waals surface area contributed by atoms with Crippen LogP contribution < -0.4 is 14.4 Å². The largest absolute Gasteiger partial charge is 0.497 e. The van der Waals surface area contributed by atoms with Gasteiger partial charge in [-0.1, -0.05) is 54.9 Å². The lowest BCUT2D eigenvalue weighted by Crippen LogP contribution is -2.42. The molecule has 0 unspecified atom stereocenters. The van der Waals surface area contributed by atoms with Gasteiger partial charge < -0.3 is 10.1 Å². The lowest BCUT2D eigenvalue weighted by atomic mass is 10.0. The molecule has 0 bridgehead atoms. The van der Waals surface area contributed by atoms with Crippen LogP contribution in [0.3, 0.4) is 0 Å². The highest BCUT2D eigenvalue weighted by Gasteiger charge is 2.29. The van der Waals surface area contributed by atoms with Crippen LogP contribution >= 0.6 is 11.6 Å². The molecule has 0 aliphatic rings. The molecule has 0 aliphatic heterocycles. The second kappa shape index (κ2) is 10.7. The molecule has 0 radical (unpaired) electrons. The molecule has 1 N–H and O–H groups in total. The standard InChI is InChI=1S/C25H27ClN2O4S/c1-4-23(19-11-14-21(32-3)15-12-19)27-25(29)17-28(24-16-20(26)13-10-18(24)2)33(30,31)22-8-6-5-7-9-22/h5-16,23H,4,17H2,1-3H3,(H,27,29)/t23-/m1/s1. The Morgan fingerprint density at radius 3 is 2.33 bits per heavy atom. The molecule has 0 saturated heterocycles. The minimum absolute atomic E-state index is 0.0966. The van der Waals surface area contributed by atoms with E-state index >= 15 is 0 Å². The number of hydrogen-bond donors (Lipinski definition) is 1. The maximum atomic E-state index is 13.5. The molecule has 174 valence electrons. The predicted octanol–water partition coefficient (Wildman–Crippen LogP) is 5.12. The molecule has 3 rings (SSSR count). The number of carbonyl (C=O) groups excluding carboxylic acids is 1. The minimum Gasteiger partial charge on any atom is -0.497 e. The summed E-state index contributed by atoms with van der Waals surface area (Å²) in [6.45, 7) is 3.35. The molecule has 1 amide bonds. The second-order valence-electron chi connectivity index (χ2n) is 7.56. The van der Waals surface area contributed by atoms with Gasteiger partial charge in [0.2, 0.25) is 5.91 Å². The SMILES string of the molecule is CC[C@@H](NC(=O)CN(c1cc(Cl)ccc1C)S(=O)(=O)c1ccccc1)c1ccc(OC)cc1. The van der Waals surface area contributed by atoms with Crippen molar-refractivity contribution < 1.29 is 17.9 Å². The van der Waals surface area contributed by atoms with Crippen molar-refractivity contribution in [2.24, 2.45) is 0 Å². The van der Waals surface area contributed by atoms with E-state index in [-0.39, 0.29) is 17.5 Å². The Morgan fingerprint density at radius 2 is 1.73 bits per heavy atom. The van der Waals surface area contributed by atoms with Crippen molar-refractivity contribution in [3.8, 4) is 5.75 Å². The molecule has 3 aromatic rings. The molecular weight excluding hydrogens is 460 g/mol. The number of nitrogens with zero attached hydrogens (tertiary/aromatic N) is 1. The van der Waals surface area contributed by atoms with Crippen molar-refractivity contribution in [1.29, 1.82) is 0 Å². The summed E-state index contributed by atoms with van der Waals surface area (Å²) in [4.78, 5) is 13.2. The van der Waals surface area contributed by atoms with Crippen molar-refractivity contribution >= 4 is 33.2 Å². The van der Waals surface area contributed by atoms with Gasteiger partial charge in [0.15, 0.2) is 0 Å². The van der Waals surface area contributed by atoms with Gasteiger partial charge in [0.25, 0.3) is 10.0 Å². The number of nitrogens with one attached hydrogen (secondary N) is 1. The van der Waals surface area contributed by atoms with Crippen LogP contribution in [0, 0.1) is 6.92 Å². The second-order valence-corrected chi connectivity index (χ2v) is 9.86. The third kappa shape index (κ3) is 5.86. The number of methoxy groups -OCH3 is 1. The van der Waals surface area contributed by atoms with E-state index in [9.17, 15) is 13.2 Å². The van der Waals surface area contributed by atoms with E-state index in [0.29, 0.717) is 22.7 Å². The Balaban J connectivity index is 1.92. The van der Waals surface area contributed by atoms with Gasteiger partial charge in [0, 0.05) is 5.02 Å². The van der Waals surface area contributed by atoms with Gasteiger partial charge in [-0.15, -0.1) is 0 Å². The summed E-state index contributed by atoms with van der Waals surface area (Å²) in [5.74, 6) is 0.299. The molecule has 0 aromatic heterocycles. The van der Waals surface area contributed by atoms with Crippen molar-refractivity contribution in [2.45, 2.75) is 31.2 Å². The Hall–Kier alpha value is -3.03. The molecule has 8 heteroatoms. The Bertz CT molecular complexity index is 1200. The van der Waals surface area contributed by atoms with E-state index in [1.165, 1.54) is 12.1 Å². The minimum atomic E-state index is -4.01. The highest BCUT2D eigenvalue weighted by molar-refractivity contribution is 7.92. The number of anilines is 1. The van der Waals surface area contributed by atoms with Crippen LogP contribution in [0.1, 0.15) is 30.5 Å². The molecule has 0 aliphatic carbocycles. The fourth-order valence-corrected chi connectivity index (χ4v) is 5.16. The zero-order valence-corrected chi connectivity index (χ0v) is 20.4. The third-order valence-electron chi connectivity index (χ3n) is 5.32. The van der Waals surface area contributed by atoms with Gasteiger partial charge >= 0.3 is 0 Å². The quantitative estimate of drug-likeness (QED) is 0.455. The highest BCUT2D eigenvalue weighted by atomic mass is 35.5. The predicted molar refractivity (Wildman–Crippen MR) is 131 cm³/mol. The van der Waals surface area contributed by atoms with Crippen LogP contribution in [-0.4, -0.2) is 28.0 Å². The van der Waals surface area contributed by atoms with E-state index in [4.69, 9.17) is 16.3 Å². The van der Waals surface area contributed by atoms with E-state index in [0.717, 1.165) is 15.6 Å². The van der Waals surface area contributed by atoms with E-state index in [2.05, 4.69) is 5.32 Å². The third-order valence-corrected chi connectivity index (χ3v) is 7.33. The first kappa shape index (κ1) is 24.6. The average molecular weight is 487 g/mol. The summed E-state index contributed by atoms with van der Waals surface area (Å²) in [5, 5.41) is 3.34. The number of benzene rings is 3. The number of ether oxygens (including phenoxy) is 1. The number of hydrogen-bond acceptors (Lipinski definition) is 4. The molecule has 6 nitrogen and oxygen atoms in total. The zero-order valence-electron chi connectivity index (χ0n) is 18.8. The van der Waals surface area contributed by atoms with Gasteiger partial charge in [-0.2, -0.15) is 0 Å². The Kier molecular flexibility index (Phi) is 8.00. The van der Waals surface area contributed by atoms with E-state index < -0.39 is 15.9 Å². The summed E-state index contributed by atoms with van der Waals surface area (Å²) in [6.07, 6.45) is 0.639. The molecule has 0 heterocycles. The first-order chi connectivity index (χ1) is 15.8. The van der Waals surface area contributed by atoms with Crippen molar-refractivity contribution in [1.82, 2.24) is 5.32 Å². The van der Waals surface area contributed by atoms with Gasteiger partial charge in [-0.05, 0) is 60.9 Å². The van der Waals surface area contributed by atoms with Crippen molar-refractivity contribution in [2.75, 3.05) is 18.0 Å². The summed E-state index contributed by atoms with van der Waals surface area (Å²) in [7, 11) is -2.42. The van der Waals surface area contributed by atoms with Crippen LogP contribution in [0.25, 0.3) is 0 Å². The zero-order chi connectivity index (χ0) is 24.0. The van der Waals surface area contributed by atoms with Gasteiger partial charge in [0.05, 0.1) is 23.7 Å². The normalized spacial score (nSPS) is 12.1. The maximum Gasteiger partial charge on any atom is 0.264 e. The maximum absolute atomic E-state index is 13.5. The first-order valence-corrected chi connectivity index (χ1v) is 12.3. The molecule has 0 spiro atoms.